The molecule has 4 aromatic rings. The molecule has 0 saturated heterocycles. The van der Waals surface area contributed by atoms with Gasteiger partial charge in [-0.2, -0.15) is 0 Å². The average Bonchev–Trinajstić information content (AvgIpc) is 2.58. The van der Waals surface area contributed by atoms with E-state index in [1.54, 1.807) is 0 Å². The van der Waals surface area contributed by atoms with Crippen LogP contribution in [0, 0.1) is 13.8 Å². The zero-order chi connectivity index (χ0) is 15.8. The summed E-state index contributed by atoms with van der Waals surface area (Å²) in [6, 6.07) is 23.0. The van der Waals surface area contributed by atoms with E-state index in [2.05, 4.69) is 73.8 Å². The van der Waals surface area contributed by atoms with Crippen molar-refractivity contribution >= 4 is 33.2 Å². The minimum atomic E-state index is 1.01. The van der Waals surface area contributed by atoms with Crippen molar-refractivity contribution < 1.29 is 0 Å². The zero-order valence-electron chi connectivity index (χ0n) is 13.3. The van der Waals surface area contributed by atoms with Gasteiger partial charge in [-0.3, -0.25) is 0 Å². The Morgan fingerprint density at radius 3 is 1.91 bits per heavy atom. The van der Waals surface area contributed by atoms with Crippen LogP contribution in [0.5, 0.6) is 0 Å². The molecule has 0 bridgehead atoms. The topological polar surface area (TPSA) is 24.9 Å². The molecule has 1 N–H and O–H groups in total. The van der Waals surface area contributed by atoms with Crippen LogP contribution in [0.15, 0.2) is 66.7 Å². The summed E-state index contributed by atoms with van der Waals surface area (Å²) in [6.07, 6.45) is 0. The van der Waals surface area contributed by atoms with Gasteiger partial charge in [-0.15, -0.1) is 0 Å². The van der Waals surface area contributed by atoms with Gasteiger partial charge in [-0.1, -0.05) is 42.5 Å². The summed E-state index contributed by atoms with van der Waals surface area (Å²) in [7, 11) is 0. The van der Waals surface area contributed by atoms with Gasteiger partial charge in [0.25, 0.3) is 0 Å². The van der Waals surface area contributed by atoms with Gasteiger partial charge in [-0.25, -0.2) is 4.98 Å². The van der Waals surface area contributed by atoms with Gasteiger partial charge in [0, 0.05) is 16.5 Å². The minimum absolute atomic E-state index is 1.01. The third-order valence-corrected chi connectivity index (χ3v) is 4.36. The van der Waals surface area contributed by atoms with Crippen LogP contribution in [0.4, 0.5) is 11.4 Å². The highest BCUT2D eigenvalue weighted by Crippen LogP contribution is 2.33. The Morgan fingerprint density at radius 1 is 0.696 bits per heavy atom. The van der Waals surface area contributed by atoms with Gasteiger partial charge in [0.2, 0.25) is 0 Å². The number of benzene rings is 3. The van der Waals surface area contributed by atoms with E-state index < -0.39 is 0 Å². The number of fused-ring (bicyclic) bond motifs is 2. The molecule has 0 saturated carbocycles. The van der Waals surface area contributed by atoms with E-state index in [9.17, 15) is 0 Å². The fourth-order valence-corrected chi connectivity index (χ4v) is 2.94. The Morgan fingerprint density at radius 2 is 1.30 bits per heavy atom. The van der Waals surface area contributed by atoms with Crippen LogP contribution in [0.1, 0.15) is 11.1 Å². The molecule has 1 heterocycles. The van der Waals surface area contributed by atoms with Gasteiger partial charge >= 0.3 is 0 Å². The smallest absolute Gasteiger partial charge is 0.0730 e. The number of anilines is 2. The highest BCUT2D eigenvalue weighted by Gasteiger charge is 2.09. The van der Waals surface area contributed by atoms with E-state index >= 15 is 0 Å². The molecule has 0 atom stereocenters. The maximum atomic E-state index is 4.77. The zero-order valence-corrected chi connectivity index (χ0v) is 13.3. The number of rotatable bonds is 2. The van der Waals surface area contributed by atoms with Crippen molar-refractivity contribution in [2.24, 2.45) is 0 Å². The lowest BCUT2D eigenvalue weighted by Crippen LogP contribution is -1.96. The summed E-state index contributed by atoms with van der Waals surface area (Å²) in [5, 5.41) is 5.90. The van der Waals surface area contributed by atoms with Crippen LogP contribution in [0.2, 0.25) is 0 Å². The molecular weight excluding hydrogens is 280 g/mol. The predicted octanol–water partition coefficient (Wildman–Crippen LogP) is 5.75. The predicted molar refractivity (Wildman–Crippen MR) is 98.4 cm³/mol. The number of pyridine rings is 1. The van der Waals surface area contributed by atoms with Gasteiger partial charge in [0.1, 0.15) is 0 Å². The van der Waals surface area contributed by atoms with Crippen LogP contribution < -0.4 is 5.32 Å². The van der Waals surface area contributed by atoms with Crippen molar-refractivity contribution in [3.8, 4) is 0 Å². The number of aryl methyl sites for hydroxylation is 2. The number of nitrogens with one attached hydrogen (secondary N) is 1. The van der Waals surface area contributed by atoms with Crippen molar-refractivity contribution in [3.05, 3.63) is 77.9 Å². The lowest BCUT2D eigenvalue weighted by Gasteiger charge is -2.14. The van der Waals surface area contributed by atoms with E-state index in [1.807, 2.05) is 12.1 Å². The largest absolute Gasteiger partial charge is 0.354 e. The maximum absolute atomic E-state index is 4.77. The Labute approximate surface area is 135 Å². The molecule has 1 aromatic heterocycles. The first-order valence-electron chi connectivity index (χ1n) is 7.84. The van der Waals surface area contributed by atoms with Crippen LogP contribution in [-0.4, -0.2) is 4.98 Å². The van der Waals surface area contributed by atoms with Crippen LogP contribution in [0.3, 0.4) is 0 Å². The van der Waals surface area contributed by atoms with Crippen LogP contribution >= 0.6 is 0 Å². The Kier molecular flexibility index (Phi) is 3.23. The van der Waals surface area contributed by atoms with Crippen molar-refractivity contribution in [2.75, 3.05) is 5.32 Å². The molecule has 3 aromatic carbocycles. The molecule has 0 radical (unpaired) electrons. The minimum Gasteiger partial charge on any atom is -0.354 e. The Balaban J connectivity index is 1.97. The second kappa shape index (κ2) is 5.40. The van der Waals surface area contributed by atoms with Crippen LogP contribution in [0.25, 0.3) is 21.8 Å². The standard InChI is InChI=1S/C21H18N2/c1-14-11-12-16(13-15(14)2)22-21-17-7-3-5-9-19(17)23-20-10-6-4-8-18(20)21/h3-13H,1-2H3,(H,22,23). The maximum Gasteiger partial charge on any atom is 0.0730 e. The molecule has 0 fully saturated rings. The molecule has 0 aliphatic carbocycles. The number of aromatic nitrogens is 1. The van der Waals surface area contributed by atoms with Crippen molar-refractivity contribution in [3.63, 3.8) is 0 Å². The molecule has 0 unspecified atom stereocenters. The summed E-state index contributed by atoms with van der Waals surface area (Å²) >= 11 is 0. The highest BCUT2D eigenvalue weighted by molar-refractivity contribution is 6.08. The molecule has 0 aliphatic rings. The monoisotopic (exact) mass is 298 g/mol. The fourth-order valence-electron chi connectivity index (χ4n) is 2.94. The lowest BCUT2D eigenvalue weighted by molar-refractivity contribution is 1.34. The SMILES string of the molecule is Cc1ccc(Nc2c3ccccc3nc3ccccc23)cc1C. The third kappa shape index (κ3) is 2.42. The molecule has 4 rings (SSSR count). The molecule has 23 heavy (non-hydrogen) atoms. The van der Waals surface area contributed by atoms with Crippen molar-refractivity contribution in [1.82, 2.24) is 4.98 Å². The molecule has 2 nitrogen and oxygen atoms in total. The molecule has 0 amide bonds. The highest BCUT2D eigenvalue weighted by atomic mass is 14.9. The number of hydrogen-bond acceptors (Lipinski definition) is 2. The first kappa shape index (κ1) is 13.8. The summed E-state index contributed by atoms with van der Waals surface area (Å²) in [5.41, 5.74) is 6.84. The number of hydrogen-bond donors (Lipinski definition) is 1. The molecule has 0 spiro atoms. The second-order valence-electron chi connectivity index (χ2n) is 5.95. The van der Waals surface area contributed by atoms with E-state index in [1.165, 1.54) is 11.1 Å². The quantitative estimate of drug-likeness (QED) is 0.477. The van der Waals surface area contributed by atoms with Crippen LogP contribution in [-0.2, 0) is 0 Å². The van der Waals surface area contributed by atoms with Gasteiger partial charge in [-0.05, 0) is 49.2 Å². The van der Waals surface area contributed by atoms with Crippen molar-refractivity contribution in [1.29, 1.82) is 0 Å². The molecule has 2 heteroatoms. The van der Waals surface area contributed by atoms with Crippen molar-refractivity contribution in [2.45, 2.75) is 13.8 Å². The summed E-state index contributed by atoms with van der Waals surface area (Å²) < 4.78 is 0. The molecular formula is C21H18N2. The van der Waals surface area contributed by atoms with E-state index in [0.29, 0.717) is 0 Å². The third-order valence-electron chi connectivity index (χ3n) is 4.36. The summed E-state index contributed by atoms with van der Waals surface area (Å²) in [6.45, 7) is 4.28. The normalized spacial score (nSPS) is 11.0. The first-order valence-corrected chi connectivity index (χ1v) is 7.84. The summed E-state index contributed by atoms with van der Waals surface area (Å²) in [5.74, 6) is 0. The van der Waals surface area contributed by atoms with Gasteiger partial charge < -0.3 is 5.32 Å². The molecule has 112 valence electrons. The average molecular weight is 298 g/mol. The number of nitrogens with zero attached hydrogens (tertiary/aromatic N) is 1. The van der Waals surface area contributed by atoms with E-state index in [0.717, 1.165) is 33.2 Å². The fraction of sp³-hybridized carbons (Fsp3) is 0.0952. The van der Waals surface area contributed by atoms with Gasteiger partial charge in [0.15, 0.2) is 0 Å². The van der Waals surface area contributed by atoms with E-state index in [4.69, 9.17) is 4.98 Å². The Bertz CT molecular complexity index is 965. The second-order valence-corrected chi connectivity index (χ2v) is 5.95. The Hall–Kier alpha value is -2.87. The first-order chi connectivity index (χ1) is 11.2. The molecule has 0 aliphatic heterocycles. The number of para-hydroxylation sites is 2. The van der Waals surface area contributed by atoms with Gasteiger partial charge in [0.05, 0.1) is 16.7 Å². The van der Waals surface area contributed by atoms with E-state index in [-0.39, 0.29) is 0 Å². The summed E-state index contributed by atoms with van der Waals surface area (Å²) in [4.78, 5) is 4.77. The lowest BCUT2D eigenvalue weighted by atomic mass is 10.1.